The number of nitrogens with one attached hydrogen (secondary N) is 2. The van der Waals surface area contributed by atoms with Crippen LogP contribution >= 0.6 is 0 Å². The van der Waals surface area contributed by atoms with Crippen LogP contribution in [0.1, 0.15) is 23.3 Å². The molecule has 0 spiro atoms. The minimum Gasteiger partial charge on any atom is -0.477 e. The van der Waals surface area contributed by atoms with Crippen molar-refractivity contribution in [1.82, 2.24) is 9.97 Å². The summed E-state index contributed by atoms with van der Waals surface area (Å²) in [6, 6.07) is 3.21. The van der Waals surface area contributed by atoms with Gasteiger partial charge in [-0.05, 0) is 25.0 Å². The van der Waals surface area contributed by atoms with Crippen LogP contribution in [-0.4, -0.2) is 27.0 Å². The molecule has 92 valence electrons. The minimum absolute atomic E-state index is 0.00476. The zero-order valence-corrected chi connectivity index (χ0v) is 9.43. The van der Waals surface area contributed by atoms with E-state index in [-0.39, 0.29) is 17.5 Å². The molecule has 1 aliphatic rings. The van der Waals surface area contributed by atoms with E-state index in [1.54, 1.807) is 6.07 Å². The molecule has 3 rings (SSSR count). The summed E-state index contributed by atoms with van der Waals surface area (Å²) < 4.78 is 0. The van der Waals surface area contributed by atoms with Crippen LogP contribution in [0.3, 0.4) is 0 Å². The standard InChI is InChI=1S/C12H11N3O3/c16-11(6-1-2-6)14-8-3-7-4-9(12(17)18)15-10(7)13-5-8/h3-6H,1-2H2,(H,13,15)(H,14,16)(H,17,18). The molecule has 0 unspecified atom stereocenters. The number of aromatic amines is 1. The lowest BCUT2D eigenvalue weighted by Crippen LogP contribution is -2.13. The smallest absolute Gasteiger partial charge is 0.352 e. The third kappa shape index (κ3) is 1.92. The molecule has 1 amide bonds. The molecule has 1 fully saturated rings. The van der Waals surface area contributed by atoms with Gasteiger partial charge in [-0.25, -0.2) is 9.78 Å². The van der Waals surface area contributed by atoms with Gasteiger partial charge in [0.1, 0.15) is 11.3 Å². The number of amides is 1. The number of fused-ring (bicyclic) bond motifs is 1. The highest BCUT2D eigenvalue weighted by molar-refractivity contribution is 5.97. The molecule has 0 saturated heterocycles. The quantitative estimate of drug-likeness (QED) is 0.765. The van der Waals surface area contributed by atoms with E-state index in [1.165, 1.54) is 12.3 Å². The van der Waals surface area contributed by atoms with Gasteiger partial charge in [-0.3, -0.25) is 4.79 Å². The van der Waals surface area contributed by atoms with Crippen LogP contribution in [0.4, 0.5) is 5.69 Å². The van der Waals surface area contributed by atoms with E-state index in [1.807, 2.05) is 0 Å². The maximum absolute atomic E-state index is 11.6. The SMILES string of the molecule is O=C(O)c1cc2cc(NC(=O)C3CC3)cnc2[nH]1. The highest BCUT2D eigenvalue weighted by Gasteiger charge is 2.29. The summed E-state index contributed by atoms with van der Waals surface area (Å²) in [6.07, 6.45) is 3.40. The van der Waals surface area contributed by atoms with Crippen molar-refractivity contribution in [2.24, 2.45) is 5.92 Å². The lowest BCUT2D eigenvalue weighted by Gasteiger charge is -2.02. The van der Waals surface area contributed by atoms with Crippen molar-refractivity contribution in [2.75, 3.05) is 5.32 Å². The lowest BCUT2D eigenvalue weighted by atomic mass is 10.3. The Morgan fingerprint density at radius 2 is 2.17 bits per heavy atom. The van der Waals surface area contributed by atoms with Gasteiger partial charge in [-0.1, -0.05) is 0 Å². The molecule has 18 heavy (non-hydrogen) atoms. The van der Waals surface area contributed by atoms with Crippen molar-refractivity contribution in [3.8, 4) is 0 Å². The number of hydrogen-bond donors (Lipinski definition) is 3. The van der Waals surface area contributed by atoms with Gasteiger partial charge in [0.25, 0.3) is 0 Å². The summed E-state index contributed by atoms with van der Waals surface area (Å²) in [7, 11) is 0. The van der Waals surface area contributed by atoms with E-state index >= 15 is 0 Å². The summed E-state index contributed by atoms with van der Waals surface area (Å²) >= 11 is 0. The molecule has 1 saturated carbocycles. The van der Waals surface area contributed by atoms with Gasteiger partial charge in [-0.2, -0.15) is 0 Å². The number of aromatic carboxylic acids is 1. The lowest BCUT2D eigenvalue weighted by molar-refractivity contribution is -0.117. The maximum atomic E-state index is 11.6. The van der Waals surface area contributed by atoms with Crippen molar-refractivity contribution in [3.63, 3.8) is 0 Å². The molecule has 3 N–H and O–H groups in total. The van der Waals surface area contributed by atoms with Crippen LogP contribution in [0, 0.1) is 5.92 Å². The molecule has 6 nitrogen and oxygen atoms in total. The zero-order chi connectivity index (χ0) is 12.7. The van der Waals surface area contributed by atoms with E-state index in [4.69, 9.17) is 5.11 Å². The van der Waals surface area contributed by atoms with E-state index in [0.29, 0.717) is 16.7 Å². The second-order valence-corrected chi connectivity index (χ2v) is 4.41. The average molecular weight is 245 g/mol. The summed E-state index contributed by atoms with van der Waals surface area (Å²) in [5.41, 5.74) is 1.18. The fraction of sp³-hybridized carbons (Fsp3) is 0.250. The van der Waals surface area contributed by atoms with Crippen LogP contribution in [0.2, 0.25) is 0 Å². The maximum Gasteiger partial charge on any atom is 0.352 e. The van der Waals surface area contributed by atoms with Gasteiger partial charge in [0.2, 0.25) is 5.91 Å². The molecule has 0 aliphatic heterocycles. The van der Waals surface area contributed by atoms with Crippen LogP contribution in [0.25, 0.3) is 11.0 Å². The van der Waals surface area contributed by atoms with Crippen LogP contribution in [-0.2, 0) is 4.79 Å². The minimum atomic E-state index is -1.03. The molecule has 0 radical (unpaired) electrons. The van der Waals surface area contributed by atoms with Crippen LogP contribution < -0.4 is 5.32 Å². The molecule has 0 atom stereocenters. The van der Waals surface area contributed by atoms with Gasteiger partial charge < -0.3 is 15.4 Å². The molecule has 6 heteroatoms. The first-order valence-corrected chi connectivity index (χ1v) is 5.66. The highest BCUT2D eigenvalue weighted by Crippen LogP contribution is 2.30. The van der Waals surface area contributed by atoms with Crippen molar-refractivity contribution < 1.29 is 14.7 Å². The van der Waals surface area contributed by atoms with Crippen molar-refractivity contribution in [3.05, 3.63) is 24.0 Å². The molecule has 2 aromatic rings. The normalized spacial score (nSPS) is 14.7. The number of nitrogens with zero attached hydrogens (tertiary/aromatic N) is 1. The average Bonchev–Trinajstić information content (AvgIpc) is 3.09. The summed E-state index contributed by atoms with van der Waals surface area (Å²) in [5.74, 6) is -0.900. The Morgan fingerprint density at radius 1 is 1.39 bits per heavy atom. The number of rotatable bonds is 3. The molecule has 1 aliphatic carbocycles. The first-order chi connectivity index (χ1) is 8.63. The van der Waals surface area contributed by atoms with Gasteiger partial charge >= 0.3 is 5.97 Å². The number of anilines is 1. The first kappa shape index (κ1) is 10.8. The zero-order valence-electron chi connectivity index (χ0n) is 9.43. The predicted octanol–water partition coefficient (Wildman–Crippen LogP) is 1.61. The molecule has 0 aromatic carbocycles. The summed E-state index contributed by atoms with van der Waals surface area (Å²) in [4.78, 5) is 29.2. The molecule has 0 bridgehead atoms. The van der Waals surface area contributed by atoms with E-state index in [2.05, 4.69) is 15.3 Å². The molecular formula is C12H11N3O3. The van der Waals surface area contributed by atoms with E-state index in [9.17, 15) is 9.59 Å². The Kier molecular flexibility index (Phi) is 2.29. The number of H-pyrrole nitrogens is 1. The summed E-state index contributed by atoms with van der Waals surface area (Å²) in [5, 5.41) is 12.3. The van der Waals surface area contributed by atoms with Crippen molar-refractivity contribution in [2.45, 2.75) is 12.8 Å². The molecule has 2 aromatic heterocycles. The summed E-state index contributed by atoms with van der Waals surface area (Å²) in [6.45, 7) is 0. The third-order valence-corrected chi connectivity index (χ3v) is 2.92. The van der Waals surface area contributed by atoms with Crippen LogP contribution in [0.15, 0.2) is 18.3 Å². The predicted molar refractivity (Wildman–Crippen MR) is 64.4 cm³/mol. The van der Waals surface area contributed by atoms with Crippen molar-refractivity contribution >= 4 is 28.6 Å². The largest absolute Gasteiger partial charge is 0.477 e. The Bertz CT molecular complexity index is 643. The van der Waals surface area contributed by atoms with Crippen LogP contribution in [0.5, 0.6) is 0 Å². The number of carboxylic acid groups (broad SMARTS) is 1. The van der Waals surface area contributed by atoms with Gasteiger partial charge in [0.05, 0.1) is 11.9 Å². The monoisotopic (exact) mass is 245 g/mol. The Balaban J connectivity index is 1.89. The number of hydrogen-bond acceptors (Lipinski definition) is 3. The third-order valence-electron chi connectivity index (χ3n) is 2.92. The second-order valence-electron chi connectivity index (χ2n) is 4.41. The molecule has 2 heterocycles. The Labute approximate surface area is 102 Å². The fourth-order valence-electron chi connectivity index (χ4n) is 1.79. The second kappa shape index (κ2) is 3.83. The van der Waals surface area contributed by atoms with Crippen molar-refractivity contribution in [1.29, 1.82) is 0 Å². The fourth-order valence-corrected chi connectivity index (χ4v) is 1.79. The molecular weight excluding hydrogens is 234 g/mol. The number of pyridine rings is 1. The Morgan fingerprint density at radius 3 is 2.83 bits per heavy atom. The van der Waals surface area contributed by atoms with Gasteiger partial charge in [0, 0.05) is 11.3 Å². The Hall–Kier alpha value is -2.37. The number of carbonyl (C=O) groups excluding carboxylic acids is 1. The van der Waals surface area contributed by atoms with Gasteiger partial charge in [0.15, 0.2) is 0 Å². The topological polar surface area (TPSA) is 95.1 Å². The number of aromatic nitrogens is 2. The first-order valence-electron chi connectivity index (χ1n) is 5.66. The number of carbonyl (C=O) groups is 2. The van der Waals surface area contributed by atoms with E-state index < -0.39 is 5.97 Å². The van der Waals surface area contributed by atoms with Gasteiger partial charge in [-0.15, -0.1) is 0 Å². The van der Waals surface area contributed by atoms with E-state index in [0.717, 1.165) is 12.8 Å². The highest BCUT2D eigenvalue weighted by atomic mass is 16.4. The number of carboxylic acids is 1.